The fraction of sp³-hybridized carbons (Fsp3) is 0.750. The zero-order chi connectivity index (χ0) is 26.3. The first kappa shape index (κ1) is 32.2. The van der Waals surface area contributed by atoms with Gasteiger partial charge in [0.25, 0.3) is 0 Å². The molecule has 0 radical (unpaired) electrons. The highest BCUT2D eigenvalue weighted by molar-refractivity contribution is 5.66. The van der Waals surface area contributed by atoms with Crippen LogP contribution in [0.1, 0.15) is 152 Å². The van der Waals surface area contributed by atoms with E-state index < -0.39 is 11.9 Å². The zero-order valence-electron chi connectivity index (χ0n) is 23.2. The minimum atomic E-state index is -0.685. The maximum absolute atomic E-state index is 10.7. The Balaban J connectivity index is 2.51. The molecule has 0 aliphatic heterocycles. The van der Waals surface area contributed by atoms with Gasteiger partial charge in [0.1, 0.15) is 0 Å². The lowest BCUT2D eigenvalue weighted by Gasteiger charge is -2.16. The highest BCUT2D eigenvalue weighted by Gasteiger charge is 2.09. The number of carbonyl (C=O) groups is 2. The normalized spacial score (nSPS) is 11.1. The summed E-state index contributed by atoms with van der Waals surface area (Å²) in [5.41, 5.74) is 4.64. The van der Waals surface area contributed by atoms with Crippen molar-refractivity contribution in [3.8, 4) is 0 Å². The predicted octanol–water partition coefficient (Wildman–Crippen LogP) is 9.31. The summed E-state index contributed by atoms with van der Waals surface area (Å²) in [6.07, 6.45) is 25.4. The van der Waals surface area contributed by atoms with Crippen molar-refractivity contribution in [3.05, 3.63) is 34.9 Å². The second-order valence-electron chi connectivity index (χ2n) is 10.6. The van der Waals surface area contributed by atoms with Gasteiger partial charge in [-0.3, -0.25) is 9.59 Å². The van der Waals surface area contributed by atoms with Gasteiger partial charge in [0, 0.05) is 12.8 Å². The van der Waals surface area contributed by atoms with E-state index in [1.54, 1.807) is 11.1 Å². The number of aryl methyl sites for hydroxylation is 2. The van der Waals surface area contributed by atoms with Crippen LogP contribution in [0.4, 0.5) is 0 Å². The molecular weight excluding hydrogens is 448 g/mol. The smallest absolute Gasteiger partial charge is 0.303 e. The SMILES string of the molecule is CCCCCCCCCCc1cccc(CCCCCCCC(=O)O)c1CCCCCCCC(=O)O. The van der Waals surface area contributed by atoms with E-state index in [-0.39, 0.29) is 0 Å². The third kappa shape index (κ3) is 17.6. The lowest BCUT2D eigenvalue weighted by molar-refractivity contribution is -0.138. The summed E-state index contributed by atoms with van der Waals surface area (Å²) in [5.74, 6) is -1.37. The number of rotatable bonds is 25. The summed E-state index contributed by atoms with van der Waals surface area (Å²) in [6.45, 7) is 2.27. The van der Waals surface area contributed by atoms with Gasteiger partial charge in [-0.1, -0.05) is 109 Å². The molecule has 0 saturated carbocycles. The molecule has 0 amide bonds. The van der Waals surface area contributed by atoms with E-state index >= 15 is 0 Å². The summed E-state index contributed by atoms with van der Waals surface area (Å²) in [6, 6.07) is 6.92. The molecule has 0 atom stereocenters. The van der Waals surface area contributed by atoms with Crippen LogP contribution in [-0.4, -0.2) is 22.2 Å². The average molecular weight is 503 g/mol. The second-order valence-corrected chi connectivity index (χ2v) is 10.6. The molecule has 1 aromatic rings. The van der Waals surface area contributed by atoms with Gasteiger partial charge in [0.05, 0.1) is 0 Å². The Morgan fingerprint density at radius 1 is 0.528 bits per heavy atom. The van der Waals surface area contributed by atoms with E-state index in [1.807, 2.05) is 0 Å². The Labute approximate surface area is 221 Å². The summed E-state index contributed by atoms with van der Waals surface area (Å²) in [7, 11) is 0. The van der Waals surface area contributed by atoms with E-state index in [4.69, 9.17) is 10.2 Å². The zero-order valence-corrected chi connectivity index (χ0v) is 23.2. The van der Waals surface area contributed by atoms with E-state index in [0.717, 1.165) is 51.4 Å². The number of hydrogen-bond donors (Lipinski definition) is 2. The van der Waals surface area contributed by atoms with E-state index in [2.05, 4.69) is 25.1 Å². The molecule has 0 spiro atoms. The predicted molar refractivity (Wildman–Crippen MR) is 151 cm³/mol. The van der Waals surface area contributed by atoms with Gasteiger partial charge >= 0.3 is 11.9 Å². The van der Waals surface area contributed by atoms with Crippen molar-refractivity contribution < 1.29 is 19.8 Å². The van der Waals surface area contributed by atoms with Crippen molar-refractivity contribution in [1.29, 1.82) is 0 Å². The average Bonchev–Trinajstić information content (AvgIpc) is 2.85. The quantitative estimate of drug-likeness (QED) is 0.131. The molecule has 0 aliphatic rings. The first-order valence-electron chi connectivity index (χ1n) is 15.1. The molecule has 0 aromatic heterocycles. The summed E-state index contributed by atoms with van der Waals surface area (Å²) in [4.78, 5) is 21.4. The van der Waals surface area contributed by atoms with Crippen LogP contribution in [0, 0.1) is 0 Å². The Kier molecular flexibility index (Phi) is 20.0. The monoisotopic (exact) mass is 502 g/mol. The van der Waals surface area contributed by atoms with Crippen molar-refractivity contribution in [2.75, 3.05) is 0 Å². The number of carboxylic acids is 2. The van der Waals surface area contributed by atoms with Gasteiger partial charge in [-0.05, 0) is 68.1 Å². The second kappa shape index (κ2) is 22.4. The Bertz CT molecular complexity index is 697. The van der Waals surface area contributed by atoms with Crippen LogP contribution in [-0.2, 0) is 28.9 Å². The molecule has 2 N–H and O–H groups in total. The van der Waals surface area contributed by atoms with E-state index in [1.165, 1.54) is 89.0 Å². The molecular formula is C32H54O4. The Morgan fingerprint density at radius 2 is 0.889 bits per heavy atom. The molecule has 0 bridgehead atoms. The summed E-state index contributed by atoms with van der Waals surface area (Å²) >= 11 is 0. The number of unbranched alkanes of at least 4 members (excludes halogenated alkanes) is 15. The topological polar surface area (TPSA) is 74.6 Å². The maximum Gasteiger partial charge on any atom is 0.303 e. The molecule has 0 aliphatic carbocycles. The molecule has 0 fully saturated rings. The summed E-state index contributed by atoms with van der Waals surface area (Å²) < 4.78 is 0. The van der Waals surface area contributed by atoms with Crippen LogP contribution >= 0.6 is 0 Å². The fourth-order valence-electron chi connectivity index (χ4n) is 5.16. The highest BCUT2D eigenvalue weighted by Crippen LogP contribution is 2.23. The van der Waals surface area contributed by atoms with Crippen LogP contribution < -0.4 is 0 Å². The molecule has 0 unspecified atom stereocenters. The molecule has 0 heterocycles. The van der Waals surface area contributed by atoms with Crippen molar-refractivity contribution >= 4 is 11.9 Å². The number of carboxylic acid groups (broad SMARTS) is 2. The molecule has 1 rings (SSSR count). The van der Waals surface area contributed by atoms with Crippen LogP contribution in [0.25, 0.3) is 0 Å². The van der Waals surface area contributed by atoms with Crippen molar-refractivity contribution in [2.24, 2.45) is 0 Å². The first-order valence-corrected chi connectivity index (χ1v) is 15.1. The molecule has 4 nitrogen and oxygen atoms in total. The Hall–Kier alpha value is -1.84. The van der Waals surface area contributed by atoms with E-state index in [0.29, 0.717) is 12.8 Å². The molecule has 206 valence electrons. The van der Waals surface area contributed by atoms with Crippen LogP contribution in [0.5, 0.6) is 0 Å². The lowest BCUT2D eigenvalue weighted by Crippen LogP contribution is -2.02. The van der Waals surface area contributed by atoms with Gasteiger partial charge in [0.2, 0.25) is 0 Å². The fourth-order valence-corrected chi connectivity index (χ4v) is 5.16. The van der Waals surface area contributed by atoms with Crippen molar-refractivity contribution in [2.45, 2.75) is 155 Å². The molecule has 36 heavy (non-hydrogen) atoms. The largest absolute Gasteiger partial charge is 0.481 e. The Morgan fingerprint density at radius 3 is 1.31 bits per heavy atom. The van der Waals surface area contributed by atoms with E-state index in [9.17, 15) is 9.59 Å². The van der Waals surface area contributed by atoms with Crippen LogP contribution in [0.2, 0.25) is 0 Å². The molecule has 1 aromatic carbocycles. The van der Waals surface area contributed by atoms with Gasteiger partial charge < -0.3 is 10.2 Å². The molecule has 0 saturated heterocycles. The number of aliphatic carboxylic acids is 2. The van der Waals surface area contributed by atoms with Crippen molar-refractivity contribution in [3.63, 3.8) is 0 Å². The van der Waals surface area contributed by atoms with Crippen LogP contribution in [0.3, 0.4) is 0 Å². The maximum atomic E-state index is 10.7. The first-order chi connectivity index (χ1) is 17.5. The lowest BCUT2D eigenvalue weighted by atomic mass is 9.90. The third-order valence-corrected chi connectivity index (χ3v) is 7.32. The van der Waals surface area contributed by atoms with Gasteiger partial charge in [-0.25, -0.2) is 0 Å². The van der Waals surface area contributed by atoms with Gasteiger partial charge in [-0.2, -0.15) is 0 Å². The number of hydrogen-bond acceptors (Lipinski definition) is 2. The van der Waals surface area contributed by atoms with Crippen molar-refractivity contribution in [1.82, 2.24) is 0 Å². The molecule has 4 heteroatoms. The highest BCUT2D eigenvalue weighted by atomic mass is 16.4. The third-order valence-electron chi connectivity index (χ3n) is 7.32. The minimum absolute atomic E-state index is 0.293. The van der Waals surface area contributed by atoms with Gasteiger partial charge in [-0.15, -0.1) is 0 Å². The van der Waals surface area contributed by atoms with Gasteiger partial charge in [0.15, 0.2) is 0 Å². The number of benzene rings is 1. The standard InChI is InChI=1S/C32H54O4/c1-2-3-4-5-6-7-10-15-21-28-23-20-24-29(22-16-11-8-13-18-26-31(33)34)30(28)25-17-12-9-14-19-27-32(35)36/h20,23-24H,2-19,21-22,25-27H2,1H3,(H,33,34)(H,35,36). The minimum Gasteiger partial charge on any atom is -0.481 e. The van der Waals surface area contributed by atoms with Crippen LogP contribution in [0.15, 0.2) is 18.2 Å². The summed E-state index contributed by atoms with van der Waals surface area (Å²) in [5, 5.41) is 17.6.